The van der Waals surface area contributed by atoms with Crippen LogP contribution in [0.4, 0.5) is 4.39 Å². The maximum absolute atomic E-state index is 12.8. The summed E-state index contributed by atoms with van der Waals surface area (Å²) in [4.78, 5) is 0. The molecule has 0 radical (unpaired) electrons. The van der Waals surface area contributed by atoms with Crippen molar-refractivity contribution in [3.05, 3.63) is 54.1 Å². The molecule has 1 heterocycles. The van der Waals surface area contributed by atoms with E-state index in [9.17, 15) is 12.8 Å². The second-order valence-electron chi connectivity index (χ2n) is 4.70. The predicted octanol–water partition coefficient (Wildman–Crippen LogP) is 1.03. The van der Waals surface area contributed by atoms with Crippen LogP contribution in [0.2, 0.25) is 0 Å². The van der Waals surface area contributed by atoms with E-state index in [0.29, 0.717) is 12.1 Å². The van der Waals surface area contributed by atoms with Gasteiger partial charge < -0.3 is 0 Å². The molecule has 0 saturated carbocycles. The van der Waals surface area contributed by atoms with Crippen LogP contribution in [0.3, 0.4) is 0 Å². The van der Waals surface area contributed by atoms with Crippen molar-refractivity contribution < 1.29 is 12.8 Å². The molecule has 0 fully saturated rings. The highest BCUT2D eigenvalue weighted by Gasteiger charge is 2.14. The van der Waals surface area contributed by atoms with Gasteiger partial charge >= 0.3 is 0 Å². The lowest BCUT2D eigenvalue weighted by Crippen LogP contribution is -2.42. The third-order valence-electron chi connectivity index (χ3n) is 2.76. The summed E-state index contributed by atoms with van der Waals surface area (Å²) in [5.41, 5.74) is 0.682. The summed E-state index contributed by atoms with van der Waals surface area (Å²) in [6.07, 6.45) is 3.39. The van der Waals surface area contributed by atoms with Crippen molar-refractivity contribution in [1.82, 2.24) is 19.2 Å². The molecule has 1 aromatic carbocycles. The number of nitrogens with one attached hydrogen (secondary N) is 2. The van der Waals surface area contributed by atoms with E-state index < -0.39 is 10.2 Å². The van der Waals surface area contributed by atoms with E-state index in [-0.39, 0.29) is 18.4 Å². The van der Waals surface area contributed by atoms with Crippen LogP contribution in [0.5, 0.6) is 0 Å². The number of benzene rings is 1. The first kappa shape index (κ1) is 15.6. The quantitative estimate of drug-likeness (QED) is 0.802. The molecule has 0 amide bonds. The first-order valence-electron chi connectivity index (χ1n) is 6.43. The van der Waals surface area contributed by atoms with Gasteiger partial charge in [0.05, 0.1) is 6.54 Å². The largest absolute Gasteiger partial charge is 0.277 e. The standard InChI is InChI=1S/C13H17FN4O2S/c1-11(10-18-8-2-7-15-18)17-21(19,20)16-9-12-3-5-13(14)6-4-12/h2-8,11,16-17H,9-10H2,1H3. The van der Waals surface area contributed by atoms with Crippen LogP contribution in [0.15, 0.2) is 42.7 Å². The van der Waals surface area contributed by atoms with Crippen molar-refractivity contribution in [1.29, 1.82) is 0 Å². The van der Waals surface area contributed by atoms with Gasteiger partial charge in [0, 0.05) is 25.0 Å². The van der Waals surface area contributed by atoms with Crippen LogP contribution in [-0.2, 0) is 23.3 Å². The number of nitrogens with zero attached hydrogens (tertiary/aromatic N) is 2. The molecule has 114 valence electrons. The van der Waals surface area contributed by atoms with E-state index >= 15 is 0 Å². The Kier molecular flexibility index (Phi) is 5.05. The third-order valence-corrected chi connectivity index (χ3v) is 3.99. The Labute approximate surface area is 123 Å². The molecule has 2 aromatic rings. The zero-order valence-corrected chi connectivity index (χ0v) is 12.3. The molecule has 8 heteroatoms. The highest BCUT2D eigenvalue weighted by molar-refractivity contribution is 7.87. The van der Waals surface area contributed by atoms with Gasteiger partial charge in [-0.15, -0.1) is 0 Å². The fourth-order valence-electron chi connectivity index (χ4n) is 1.81. The van der Waals surface area contributed by atoms with Gasteiger partial charge in [-0.1, -0.05) is 12.1 Å². The van der Waals surface area contributed by atoms with Crippen molar-refractivity contribution in [2.45, 2.75) is 26.1 Å². The molecule has 0 saturated heterocycles. The fourth-order valence-corrected chi connectivity index (χ4v) is 2.86. The number of rotatable bonds is 7. The second-order valence-corrected chi connectivity index (χ2v) is 6.23. The fraction of sp³-hybridized carbons (Fsp3) is 0.308. The van der Waals surface area contributed by atoms with Gasteiger partial charge in [0.15, 0.2) is 0 Å². The number of halogens is 1. The molecule has 21 heavy (non-hydrogen) atoms. The van der Waals surface area contributed by atoms with Crippen molar-refractivity contribution in [3.8, 4) is 0 Å². The summed E-state index contributed by atoms with van der Waals surface area (Å²) >= 11 is 0. The van der Waals surface area contributed by atoms with E-state index in [0.717, 1.165) is 0 Å². The van der Waals surface area contributed by atoms with Gasteiger partial charge in [0.1, 0.15) is 5.82 Å². The highest BCUT2D eigenvalue weighted by Crippen LogP contribution is 2.02. The normalized spacial score (nSPS) is 13.2. The Bertz CT molecular complexity index is 656. The molecule has 0 spiro atoms. The van der Waals surface area contributed by atoms with E-state index in [1.807, 2.05) is 0 Å². The van der Waals surface area contributed by atoms with Crippen LogP contribution >= 0.6 is 0 Å². The summed E-state index contributed by atoms with van der Waals surface area (Å²) in [5.74, 6) is -0.354. The van der Waals surface area contributed by atoms with Crippen molar-refractivity contribution in [2.75, 3.05) is 0 Å². The lowest BCUT2D eigenvalue weighted by Gasteiger charge is -2.15. The topological polar surface area (TPSA) is 76.0 Å². The van der Waals surface area contributed by atoms with Gasteiger partial charge in [-0.3, -0.25) is 4.68 Å². The lowest BCUT2D eigenvalue weighted by molar-refractivity contribution is 0.488. The molecule has 0 aliphatic heterocycles. The Hall–Kier alpha value is -1.77. The average molecular weight is 312 g/mol. The molecule has 6 nitrogen and oxygen atoms in total. The smallest absolute Gasteiger partial charge is 0.271 e. The van der Waals surface area contributed by atoms with Crippen molar-refractivity contribution >= 4 is 10.2 Å². The van der Waals surface area contributed by atoms with Gasteiger partial charge in [-0.25, -0.2) is 4.39 Å². The first-order chi connectivity index (χ1) is 9.94. The molecule has 2 N–H and O–H groups in total. The molecule has 1 aromatic heterocycles. The van der Waals surface area contributed by atoms with Gasteiger partial charge in [0.25, 0.3) is 10.2 Å². The molecule has 0 aliphatic carbocycles. The van der Waals surface area contributed by atoms with Crippen molar-refractivity contribution in [3.63, 3.8) is 0 Å². The van der Waals surface area contributed by atoms with E-state index in [1.165, 1.54) is 24.3 Å². The highest BCUT2D eigenvalue weighted by atomic mass is 32.2. The number of hydrogen-bond donors (Lipinski definition) is 2. The minimum atomic E-state index is -3.63. The van der Waals surface area contributed by atoms with Crippen molar-refractivity contribution in [2.24, 2.45) is 0 Å². The minimum Gasteiger partial charge on any atom is -0.271 e. The zero-order chi connectivity index (χ0) is 15.3. The lowest BCUT2D eigenvalue weighted by atomic mass is 10.2. The number of aromatic nitrogens is 2. The van der Waals surface area contributed by atoms with E-state index in [4.69, 9.17) is 0 Å². The van der Waals surface area contributed by atoms with Crippen LogP contribution in [0, 0.1) is 5.82 Å². The summed E-state index contributed by atoms with van der Waals surface area (Å²) < 4.78 is 43.1. The van der Waals surface area contributed by atoms with Crippen LogP contribution in [0.1, 0.15) is 12.5 Å². The zero-order valence-electron chi connectivity index (χ0n) is 11.5. The van der Waals surface area contributed by atoms with Gasteiger partial charge in [-0.05, 0) is 30.7 Å². The van der Waals surface area contributed by atoms with Gasteiger partial charge in [-0.2, -0.15) is 23.0 Å². The second kappa shape index (κ2) is 6.79. The Balaban J connectivity index is 1.85. The van der Waals surface area contributed by atoms with Gasteiger partial charge in [0.2, 0.25) is 0 Å². The number of hydrogen-bond acceptors (Lipinski definition) is 3. The third kappa shape index (κ3) is 5.25. The average Bonchev–Trinajstić information content (AvgIpc) is 2.90. The Morgan fingerprint density at radius 2 is 2.05 bits per heavy atom. The molecular formula is C13H17FN4O2S. The van der Waals surface area contributed by atoms with E-state index in [1.54, 1.807) is 30.1 Å². The predicted molar refractivity (Wildman–Crippen MR) is 77.0 cm³/mol. The maximum atomic E-state index is 12.8. The Morgan fingerprint density at radius 3 is 2.67 bits per heavy atom. The molecule has 1 atom stereocenters. The molecule has 1 unspecified atom stereocenters. The van der Waals surface area contributed by atoms with E-state index in [2.05, 4.69) is 14.5 Å². The molecule has 0 aliphatic rings. The Morgan fingerprint density at radius 1 is 1.33 bits per heavy atom. The first-order valence-corrected chi connectivity index (χ1v) is 7.92. The minimum absolute atomic E-state index is 0.101. The monoisotopic (exact) mass is 312 g/mol. The SMILES string of the molecule is CC(Cn1cccn1)NS(=O)(=O)NCc1ccc(F)cc1. The van der Waals surface area contributed by atoms with Crippen LogP contribution < -0.4 is 9.44 Å². The molecule has 2 rings (SSSR count). The maximum Gasteiger partial charge on any atom is 0.277 e. The molecular weight excluding hydrogens is 295 g/mol. The molecule has 0 bridgehead atoms. The van der Waals surface area contributed by atoms with Crippen LogP contribution in [0.25, 0.3) is 0 Å². The van der Waals surface area contributed by atoms with Crippen LogP contribution in [-0.4, -0.2) is 24.2 Å². The summed E-state index contributed by atoms with van der Waals surface area (Å²) in [6.45, 7) is 2.29. The summed E-state index contributed by atoms with van der Waals surface area (Å²) in [5, 5.41) is 4.01. The summed E-state index contributed by atoms with van der Waals surface area (Å²) in [6, 6.07) is 7.11. The summed E-state index contributed by atoms with van der Waals surface area (Å²) in [7, 11) is -3.63.